The summed E-state index contributed by atoms with van der Waals surface area (Å²) in [6.07, 6.45) is 2.72. The molecular weight excluding hydrogens is 226 g/mol. The van der Waals surface area contributed by atoms with Crippen molar-refractivity contribution in [1.29, 1.82) is 0 Å². The molecule has 0 aromatic carbocycles. The fourth-order valence-electron chi connectivity index (χ4n) is 1.57. The van der Waals surface area contributed by atoms with Crippen LogP contribution in [0, 0.1) is 0 Å². The Kier molecular flexibility index (Phi) is 7.97. The van der Waals surface area contributed by atoms with E-state index in [0.717, 1.165) is 19.3 Å². The van der Waals surface area contributed by atoms with E-state index in [0.29, 0.717) is 11.8 Å². The van der Waals surface area contributed by atoms with E-state index in [1.807, 2.05) is 14.0 Å². The van der Waals surface area contributed by atoms with Gasteiger partial charge in [-0.25, -0.2) is 8.42 Å². The fraction of sp³-hybridized carbons (Fsp3) is 1.00. The van der Waals surface area contributed by atoms with Gasteiger partial charge in [-0.1, -0.05) is 6.92 Å². The molecule has 0 spiro atoms. The molecule has 0 aromatic rings. The minimum absolute atomic E-state index is 0.209. The molecule has 0 amide bonds. The lowest BCUT2D eigenvalue weighted by Crippen LogP contribution is -2.30. The Balaban J connectivity index is 3.88. The Morgan fingerprint density at radius 3 is 2.44 bits per heavy atom. The highest BCUT2D eigenvalue weighted by molar-refractivity contribution is 7.91. The number of rotatable bonds is 9. The predicted molar refractivity (Wildman–Crippen MR) is 67.5 cm³/mol. The summed E-state index contributed by atoms with van der Waals surface area (Å²) in [5, 5.41) is 3.20. The highest BCUT2D eigenvalue weighted by Gasteiger charge is 2.13. The van der Waals surface area contributed by atoms with Gasteiger partial charge in [-0.2, -0.15) is 0 Å². The van der Waals surface area contributed by atoms with Gasteiger partial charge >= 0.3 is 0 Å². The van der Waals surface area contributed by atoms with Crippen molar-refractivity contribution in [3.05, 3.63) is 0 Å². The first-order valence-corrected chi connectivity index (χ1v) is 7.67. The third-order valence-electron chi connectivity index (χ3n) is 2.87. The quantitative estimate of drug-likeness (QED) is 0.669. The van der Waals surface area contributed by atoms with Gasteiger partial charge in [0.2, 0.25) is 0 Å². The van der Waals surface area contributed by atoms with Gasteiger partial charge in [0, 0.05) is 18.9 Å². The molecule has 1 N–H and O–H groups in total. The topological polar surface area (TPSA) is 55.4 Å². The molecule has 2 atom stereocenters. The van der Waals surface area contributed by atoms with Gasteiger partial charge < -0.3 is 10.1 Å². The van der Waals surface area contributed by atoms with Crippen LogP contribution in [-0.2, 0) is 14.6 Å². The van der Waals surface area contributed by atoms with Crippen molar-refractivity contribution in [2.45, 2.75) is 45.3 Å². The van der Waals surface area contributed by atoms with Gasteiger partial charge in [-0.05, 0) is 33.2 Å². The van der Waals surface area contributed by atoms with Crippen LogP contribution in [0.5, 0.6) is 0 Å². The lowest BCUT2D eigenvalue weighted by atomic mass is 10.1. The zero-order chi connectivity index (χ0) is 12.6. The second-order valence-corrected chi connectivity index (χ2v) is 6.62. The summed E-state index contributed by atoms with van der Waals surface area (Å²) in [6.45, 7) is 3.71. The fourth-order valence-corrected chi connectivity index (χ4v) is 2.47. The molecule has 0 fully saturated rings. The van der Waals surface area contributed by atoms with E-state index in [2.05, 4.69) is 5.32 Å². The van der Waals surface area contributed by atoms with Gasteiger partial charge in [0.15, 0.2) is 0 Å². The molecular formula is C11H25NO3S. The largest absolute Gasteiger partial charge is 0.382 e. The molecule has 16 heavy (non-hydrogen) atoms. The van der Waals surface area contributed by atoms with Crippen molar-refractivity contribution >= 4 is 9.84 Å². The van der Waals surface area contributed by atoms with Crippen molar-refractivity contribution in [3.8, 4) is 0 Å². The molecule has 0 aliphatic carbocycles. The smallest absolute Gasteiger partial charge is 0.150 e. The molecule has 0 radical (unpaired) electrons. The molecule has 0 saturated carbocycles. The normalized spacial score (nSPS) is 16.0. The van der Waals surface area contributed by atoms with Crippen LogP contribution in [-0.4, -0.2) is 46.2 Å². The number of methoxy groups -OCH3 is 1. The van der Waals surface area contributed by atoms with Crippen LogP contribution in [0.3, 0.4) is 0 Å². The summed E-state index contributed by atoms with van der Waals surface area (Å²) in [4.78, 5) is 0. The standard InChI is InChI=1S/C11H25NO3S/c1-5-16(13,14)8-6-7-11(12-3)9-10(2)15-4/h10-12H,5-9H2,1-4H3. The van der Waals surface area contributed by atoms with E-state index in [-0.39, 0.29) is 11.9 Å². The maximum atomic E-state index is 11.3. The van der Waals surface area contributed by atoms with Crippen molar-refractivity contribution in [3.63, 3.8) is 0 Å². The highest BCUT2D eigenvalue weighted by Crippen LogP contribution is 2.08. The SMILES string of the molecule is CCS(=O)(=O)CCCC(CC(C)OC)NC. The van der Waals surface area contributed by atoms with Gasteiger partial charge in [0.05, 0.1) is 11.9 Å². The number of nitrogens with one attached hydrogen (secondary N) is 1. The van der Waals surface area contributed by atoms with Crippen LogP contribution in [0.4, 0.5) is 0 Å². The molecule has 5 heteroatoms. The third kappa shape index (κ3) is 7.19. The molecule has 0 aliphatic heterocycles. The predicted octanol–water partition coefficient (Wildman–Crippen LogP) is 1.21. The summed E-state index contributed by atoms with van der Waals surface area (Å²) in [7, 11) is 0.781. The van der Waals surface area contributed by atoms with Crippen LogP contribution >= 0.6 is 0 Å². The van der Waals surface area contributed by atoms with E-state index in [9.17, 15) is 8.42 Å². The van der Waals surface area contributed by atoms with Crippen LogP contribution in [0.25, 0.3) is 0 Å². The van der Waals surface area contributed by atoms with Gasteiger partial charge in [0.1, 0.15) is 9.84 Å². The lowest BCUT2D eigenvalue weighted by molar-refractivity contribution is 0.100. The Labute approximate surface area is 99.7 Å². The molecule has 0 heterocycles. The van der Waals surface area contributed by atoms with E-state index in [1.54, 1.807) is 14.0 Å². The van der Waals surface area contributed by atoms with E-state index in [4.69, 9.17) is 4.74 Å². The van der Waals surface area contributed by atoms with Crippen LogP contribution in [0.1, 0.15) is 33.1 Å². The van der Waals surface area contributed by atoms with Crippen molar-refractivity contribution < 1.29 is 13.2 Å². The Morgan fingerprint density at radius 1 is 1.38 bits per heavy atom. The first kappa shape index (κ1) is 15.9. The van der Waals surface area contributed by atoms with E-state index < -0.39 is 9.84 Å². The lowest BCUT2D eigenvalue weighted by Gasteiger charge is -2.19. The van der Waals surface area contributed by atoms with Crippen LogP contribution in [0.2, 0.25) is 0 Å². The number of ether oxygens (including phenoxy) is 1. The van der Waals surface area contributed by atoms with Crippen LogP contribution < -0.4 is 5.32 Å². The van der Waals surface area contributed by atoms with Crippen molar-refractivity contribution in [1.82, 2.24) is 5.32 Å². The van der Waals surface area contributed by atoms with Crippen molar-refractivity contribution in [2.24, 2.45) is 0 Å². The zero-order valence-corrected chi connectivity index (χ0v) is 11.6. The molecule has 0 aliphatic rings. The summed E-state index contributed by atoms with van der Waals surface area (Å²) in [5.41, 5.74) is 0. The maximum absolute atomic E-state index is 11.3. The Bertz CT molecular complexity index is 264. The number of sulfone groups is 1. The van der Waals surface area contributed by atoms with E-state index in [1.165, 1.54) is 0 Å². The molecule has 2 unspecified atom stereocenters. The minimum atomic E-state index is -2.82. The number of hydrogen-bond acceptors (Lipinski definition) is 4. The first-order chi connectivity index (χ1) is 7.45. The van der Waals surface area contributed by atoms with Crippen LogP contribution in [0.15, 0.2) is 0 Å². The number of hydrogen-bond donors (Lipinski definition) is 1. The average molecular weight is 251 g/mol. The molecule has 0 bridgehead atoms. The van der Waals surface area contributed by atoms with Gasteiger partial charge in [-0.3, -0.25) is 0 Å². The van der Waals surface area contributed by atoms with E-state index >= 15 is 0 Å². The molecule has 98 valence electrons. The maximum Gasteiger partial charge on any atom is 0.150 e. The molecule has 0 saturated heterocycles. The Hall–Kier alpha value is -0.130. The monoisotopic (exact) mass is 251 g/mol. The second kappa shape index (κ2) is 8.03. The summed E-state index contributed by atoms with van der Waals surface area (Å²) >= 11 is 0. The third-order valence-corrected chi connectivity index (χ3v) is 4.67. The zero-order valence-electron chi connectivity index (χ0n) is 10.8. The molecule has 4 nitrogen and oxygen atoms in total. The second-order valence-electron chi connectivity index (χ2n) is 4.15. The van der Waals surface area contributed by atoms with Gasteiger partial charge in [0.25, 0.3) is 0 Å². The summed E-state index contributed by atoms with van der Waals surface area (Å²) in [5.74, 6) is 0.536. The van der Waals surface area contributed by atoms with Crippen molar-refractivity contribution in [2.75, 3.05) is 25.7 Å². The van der Waals surface area contributed by atoms with Gasteiger partial charge in [-0.15, -0.1) is 0 Å². The minimum Gasteiger partial charge on any atom is -0.382 e. The molecule has 0 aromatic heterocycles. The first-order valence-electron chi connectivity index (χ1n) is 5.85. The summed E-state index contributed by atoms with van der Waals surface area (Å²) < 4.78 is 27.8. The average Bonchev–Trinajstić information content (AvgIpc) is 2.27. The Morgan fingerprint density at radius 2 is 2.00 bits per heavy atom. The summed E-state index contributed by atoms with van der Waals surface area (Å²) in [6, 6.07) is 0.335. The highest BCUT2D eigenvalue weighted by atomic mass is 32.2. The molecule has 0 rings (SSSR count).